The molecule has 2 aliphatic heterocycles. The number of nitrogens with zero attached hydrogens (tertiary/aromatic N) is 1. The Balaban J connectivity index is 1.67. The minimum Gasteiger partial charge on any atom is -0.454 e. The Morgan fingerprint density at radius 2 is 2.15 bits per heavy atom. The summed E-state index contributed by atoms with van der Waals surface area (Å²) >= 11 is 0. The van der Waals surface area contributed by atoms with Gasteiger partial charge in [0.1, 0.15) is 0 Å². The van der Waals surface area contributed by atoms with Crippen molar-refractivity contribution in [1.29, 1.82) is 0 Å². The summed E-state index contributed by atoms with van der Waals surface area (Å²) in [6.45, 7) is 5.47. The predicted molar refractivity (Wildman–Crippen MR) is 78.8 cm³/mol. The van der Waals surface area contributed by atoms with Crippen molar-refractivity contribution in [3.05, 3.63) is 23.8 Å². The molecule has 1 saturated heterocycles. The van der Waals surface area contributed by atoms with Crippen LogP contribution in [0.3, 0.4) is 0 Å². The van der Waals surface area contributed by atoms with Crippen molar-refractivity contribution < 1.29 is 9.47 Å². The molecule has 4 heteroatoms. The summed E-state index contributed by atoms with van der Waals surface area (Å²) in [7, 11) is 0. The van der Waals surface area contributed by atoms with Crippen molar-refractivity contribution in [2.75, 3.05) is 19.9 Å². The Hall–Kier alpha value is -1.26. The average molecular weight is 276 g/mol. The molecule has 0 saturated carbocycles. The molecule has 0 bridgehead atoms. The fourth-order valence-corrected chi connectivity index (χ4v) is 3.28. The number of benzene rings is 1. The summed E-state index contributed by atoms with van der Waals surface area (Å²) < 4.78 is 10.8. The Morgan fingerprint density at radius 3 is 2.95 bits per heavy atom. The van der Waals surface area contributed by atoms with Gasteiger partial charge in [-0.15, -0.1) is 0 Å². The number of ether oxygens (including phenoxy) is 2. The molecule has 2 heterocycles. The number of nitrogens with two attached hydrogens (primary N) is 1. The average Bonchev–Trinajstić information content (AvgIpc) is 2.95. The standard InChI is InChI=1S/C16H24N2O2/c1-2-12-5-6-18(14(7-12)9-17)10-13-3-4-15-16(8-13)20-11-19-15/h3-4,8,12,14H,2,5-7,9-11,17H2,1H3. The maximum atomic E-state index is 5.97. The van der Waals surface area contributed by atoms with E-state index in [1.54, 1.807) is 0 Å². The number of hydrogen-bond donors (Lipinski definition) is 1. The second-order valence-corrected chi connectivity index (χ2v) is 5.85. The molecule has 1 fully saturated rings. The lowest BCUT2D eigenvalue weighted by molar-refractivity contribution is 0.107. The van der Waals surface area contributed by atoms with Crippen molar-refractivity contribution in [1.82, 2.24) is 4.90 Å². The molecule has 0 spiro atoms. The van der Waals surface area contributed by atoms with E-state index in [1.807, 2.05) is 6.07 Å². The Kier molecular flexibility index (Phi) is 4.13. The van der Waals surface area contributed by atoms with E-state index in [9.17, 15) is 0 Å². The van der Waals surface area contributed by atoms with Gasteiger partial charge in [-0.05, 0) is 43.0 Å². The zero-order valence-electron chi connectivity index (χ0n) is 12.2. The number of rotatable bonds is 4. The van der Waals surface area contributed by atoms with Gasteiger partial charge in [0.05, 0.1) is 0 Å². The van der Waals surface area contributed by atoms with Crippen molar-refractivity contribution in [3.8, 4) is 11.5 Å². The van der Waals surface area contributed by atoms with Crippen molar-refractivity contribution in [2.24, 2.45) is 11.7 Å². The number of piperidine rings is 1. The van der Waals surface area contributed by atoms with E-state index in [4.69, 9.17) is 15.2 Å². The van der Waals surface area contributed by atoms with Gasteiger partial charge >= 0.3 is 0 Å². The zero-order chi connectivity index (χ0) is 13.9. The highest BCUT2D eigenvalue weighted by Crippen LogP contribution is 2.33. The monoisotopic (exact) mass is 276 g/mol. The van der Waals surface area contributed by atoms with Crippen molar-refractivity contribution >= 4 is 0 Å². The quantitative estimate of drug-likeness (QED) is 0.917. The second kappa shape index (κ2) is 6.02. The largest absolute Gasteiger partial charge is 0.454 e. The van der Waals surface area contributed by atoms with E-state index in [-0.39, 0.29) is 0 Å². The molecule has 20 heavy (non-hydrogen) atoms. The molecule has 2 unspecified atom stereocenters. The Morgan fingerprint density at radius 1 is 1.30 bits per heavy atom. The first-order valence-electron chi connectivity index (χ1n) is 7.62. The molecule has 2 aliphatic rings. The third-order valence-electron chi connectivity index (χ3n) is 4.62. The van der Waals surface area contributed by atoms with Crippen LogP contribution in [0.2, 0.25) is 0 Å². The van der Waals surface area contributed by atoms with Crippen LogP contribution in [0.4, 0.5) is 0 Å². The van der Waals surface area contributed by atoms with Crippen LogP contribution in [0.25, 0.3) is 0 Å². The first kappa shape index (κ1) is 13.7. The van der Waals surface area contributed by atoms with Crippen molar-refractivity contribution in [3.63, 3.8) is 0 Å². The molecule has 0 aromatic heterocycles. The van der Waals surface area contributed by atoms with Crippen LogP contribution in [0.5, 0.6) is 11.5 Å². The molecule has 2 atom stereocenters. The molecule has 0 aliphatic carbocycles. The van der Waals surface area contributed by atoms with Crippen LogP contribution in [-0.4, -0.2) is 30.8 Å². The third kappa shape index (κ3) is 2.76. The van der Waals surface area contributed by atoms with Gasteiger partial charge in [0.2, 0.25) is 6.79 Å². The fraction of sp³-hybridized carbons (Fsp3) is 0.625. The highest BCUT2D eigenvalue weighted by molar-refractivity contribution is 5.44. The maximum absolute atomic E-state index is 5.97. The van der Waals surface area contributed by atoms with Crippen LogP contribution >= 0.6 is 0 Å². The molecule has 3 rings (SSSR count). The van der Waals surface area contributed by atoms with Gasteiger partial charge in [-0.1, -0.05) is 19.4 Å². The summed E-state index contributed by atoms with van der Waals surface area (Å²) in [5.74, 6) is 2.57. The number of hydrogen-bond acceptors (Lipinski definition) is 4. The second-order valence-electron chi connectivity index (χ2n) is 5.85. The molecule has 1 aromatic carbocycles. The number of fused-ring (bicyclic) bond motifs is 1. The van der Waals surface area contributed by atoms with E-state index >= 15 is 0 Å². The van der Waals surface area contributed by atoms with Crippen LogP contribution in [-0.2, 0) is 6.54 Å². The minimum atomic E-state index is 0.339. The molecule has 2 N–H and O–H groups in total. The molecule has 0 amide bonds. The van der Waals surface area contributed by atoms with Crippen LogP contribution < -0.4 is 15.2 Å². The van der Waals surface area contributed by atoms with Gasteiger partial charge < -0.3 is 15.2 Å². The summed E-state index contributed by atoms with van der Waals surface area (Å²) in [6.07, 6.45) is 3.80. The highest BCUT2D eigenvalue weighted by Gasteiger charge is 2.26. The lowest BCUT2D eigenvalue weighted by Gasteiger charge is -2.38. The SMILES string of the molecule is CCC1CCN(Cc2ccc3c(c2)OCO3)C(CN)C1. The van der Waals surface area contributed by atoms with E-state index in [2.05, 4.69) is 24.0 Å². The third-order valence-corrected chi connectivity index (χ3v) is 4.62. The fourth-order valence-electron chi connectivity index (χ4n) is 3.28. The summed E-state index contributed by atoms with van der Waals surface area (Å²) in [5, 5.41) is 0. The number of likely N-dealkylation sites (tertiary alicyclic amines) is 1. The normalized spacial score (nSPS) is 25.9. The molecule has 0 radical (unpaired) electrons. The molecular formula is C16H24N2O2. The van der Waals surface area contributed by atoms with Gasteiger partial charge in [-0.3, -0.25) is 4.90 Å². The van der Waals surface area contributed by atoms with E-state index < -0.39 is 0 Å². The topological polar surface area (TPSA) is 47.7 Å². The van der Waals surface area contributed by atoms with E-state index in [1.165, 1.54) is 24.8 Å². The van der Waals surface area contributed by atoms with Gasteiger partial charge in [0.15, 0.2) is 11.5 Å². The Labute approximate surface area is 120 Å². The lowest BCUT2D eigenvalue weighted by Crippen LogP contribution is -2.45. The first-order chi connectivity index (χ1) is 9.80. The molecular weight excluding hydrogens is 252 g/mol. The zero-order valence-corrected chi connectivity index (χ0v) is 12.2. The van der Waals surface area contributed by atoms with Gasteiger partial charge in [-0.25, -0.2) is 0 Å². The smallest absolute Gasteiger partial charge is 0.231 e. The maximum Gasteiger partial charge on any atom is 0.231 e. The molecule has 4 nitrogen and oxygen atoms in total. The molecule has 110 valence electrons. The van der Waals surface area contributed by atoms with Gasteiger partial charge in [0, 0.05) is 19.1 Å². The summed E-state index contributed by atoms with van der Waals surface area (Å²) in [5.41, 5.74) is 7.25. The van der Waals surface area contributed by atoms with Crippen molar-refractivity contribution in [2.45, 2.75) is 38.8 Å². The van der Waals surface area contributed by atoms with E-state index in [0.717, 1.165) is 37.1 Å². The minimum absolute atomic E-state index is 0.339. The Bertz CT molecular complexity index is 464. The summed E-state index contributed by atoms with van der Waals surface area (Å²) in [6, 6.07) is 6.75. The van der Waals surface area contributed by atoms with Crippen LogP contribution in [0, 0.1) is 5.92 Å². The summed E-state index contributed by atoms with van der Waals surface area (Å²) in [4.78, 5) is 2.52. The lowest BCUT2D eigenvalue weighted by atomic mass is 9.88. The van der Waals surface area contributed by atoms with Crippen LogP contribution in [0.1, 0.15) is 31.7 Å². The highest BCUT2D eigenvalue weighted by atomic mass is 16.7. The van der Waals surface area contributed by atoms with Gasteiger partial charge in [-0.2, -0.15) is 0 Å². The van der Waals surface area contributed by atoms with Crippen LogP contribution in [0.15, 0.2) is 18.2 Å². The first-order valence-corrected chi connectivity index (χ1v) is 7.62. The predicted octanol–water partition coefficient (Wildman–Crippen LogP) is 2.36. The van der Waals surface area contributed by atoms with E-state index in [0.29, 0.717) is 12.8 Å². The van der Waals surface area contributed by atoms with Gasteiger partial charge in [0.25, 0.3) is 0 Å². The molecule has 1 aromatic rings.